The zero-order valence-electron chi connectivity index (χ0n) is 14.1. The summed E-state index contributed by atoms with van der Waals surface area (Å²) >= 11 is 7.68. The van der Waals surface area contributed by atoms with Gasteiger partial charge in [0, 0.05) is 28.3 Å². The zero-order chi connectivity index (χ0) is 18.1. The fourth-order valence-corrected chi connectivity index (χ4v) is 4.73. The highest BCUT2D eigenvalue weighted by atomic mass is 35.5. The molecule has 0 fully saturated rings. The Labute approximate surface area is 159 Å². The minimum Gasteiger partial charge on any atom is -0.351 e. The van der Waals surface area contributed by atoms with Crippen LogP contribution in [0.3, 0.4) is 0 Å². The number of hydrogen-bond acceptors (Lipinski definition) is 4. The fraction of sp³-hybridized carbons (Fsp3) is 0.316. The van der Waals surface area contributed by atoms with Crippen LogP contribution in [0.25, 0.3) is 4.96 Å². The average molecular weight is 388 g/mol. The summed E-state index contributed by atoms with van der Waals surface area (Å²) in [7, 11) is 0. The fourth-order valence-electron chi connectivity index (χ4n) is 3.33. The number of hydrogen-bond donors (Lipinski definition) is 1. The monoisotopic (exact) mass is 387 g/mol. The number of benzene rings is 1. The number of nitrogens with one attached hydrogen (secondary N) is 1. The van der Waals surface area contributed by atoms with Crippen LogP contribution in [-0.4, -0.2) is 21.8 Å². The van der Waals surface area contributed by atoms with E-state index in [2.05, 4.69) is 10.3 Å². The lowest BCUT2D eigenvalue weighted by molar-refractivity contribution is 0.0952. The second kappa shape index (κ2) is 7.21. The number of thiazole rings is 1. The van der Waals surface area contributed by atoms with Crippen molar-refractivity contribution in [3.63, 3.8) is 0 Å². The maximum atomic E-state index is 12.8. The normalized spacial score (nSPS) is 13.6. The number of carbonyl (C=O) groups is 1. The van der Waals surface area contributed by atoms with Crippen LogP contribution in [0.5, 0.6) is 0 Å². The molecule has 2 aromatic heterocycles. The lowest BCUT2D eigenvalue weighted by Crippen LogP contribution is -2.33. The van der Waals surface area contributed by atoms with Crippen molar-refractivity contribution in [2.24, 2.45) is 0 Å². The summed E-state index contributed by atoms with van der Waals surface area (Å²) in [5.74, 6) is -0.389. The first-order valence-electron chi connectivity index (χ1n) is 8.69. The molecular weight excluding hydrogens is 370 g/mol. The van der Waals surface area contributed by atoms with Gasteiger partial charge in [-0.3, -0.25) is 14.0 Å². The maximum absolute atomic E-state index is 12.8. The van der Waals surface area contributed by atoms with Gasteiger partial charge in [0.2, 0.25) is 0 Å². The van der Waals surface area contributed by atoms with Gasteiger partial charge in [-0.1, -0.05) is 29.8 Å². The Morgan fingerprint density at radius 3 is 2.92 bits per heavy atom. The number of aryl methyl sites for hydroxylation is 2. The van der Waals surface area contributed by atoms with Crippen molar-refractivity contribution in [3.8, 4) is 0 Å². The van der Waals surface area contributed by atoms with E-state index in [-0.39, 0.29) is 17.0 Å². The minimum atomic E-state index is -0.389. The Morgan fingerprint density at radius 2 is 2.08 bits per heavy atom. The van der Waals surface area contributed by atoms with Gasteiger partial charge in [-0.15, -0.1) is 11.3 Å². The number of carbonyl (C=O) groups excluding carboxylic acids is 1. The number of rotatable bonds is 4. The van der Waals surface area contributed by atoms with Crippen molar-refractivity contribution in [1.29, 1.82) is 0 Å². The summed E-state index contributed by atoms with van der Waals surface area (Å²) in [6.07, 6.45) is 6.07. The number of fused-ring (bicyclic) bond motifs is 3. The highest BCUT2D eigenvalue weighted by Gasteiger charge is 2.21. The molecule has 0 radical (unpaired) electrons. The van der Waals surface area contributed by atoms with E-state index in [1.165, 1.54) is 11.1 Å². The summed E-state index contributed by atoms with van der Waals surface area (Å²) in [4.78, 5) is 31.6. The van der Waals surface area contributed by atoms with E-state index >= 15 is 0 Å². The van der Waals surface area contributed by atoms with E-state index in [0.717, 1.165) is 36.9 Å². The Morgan fingerprint density at radius 1 is 1.27 bits per heavy atom. The van der Waals surface area contributed by atoms with Gasteiger partial charge in [-0.05, 0) is 43.7 Å². The van der Waals surface area contributed by atoms with E-state index in [1.54, 1.807) is 15.7 Å². The molecule has 0 bridgehead atoms. The number of aromatic nitrogens is 2. The van der Waals surface area contributed by atoms with E-state index in [9.17, 15) is 9.59 Å². The van der Waals surface area contributed by atoms with E-state index in [0.29, 0.717) is 22.9 Å². The van der Waals surface area contributed by atoms with Crippen molar-refractivity contribution >= 4 is 33.8 Å². The van der Waals surface area contributed by atoms with Crippen molar-refractivity contribution in [1.82, 2.24) is 14.7 Å². The van der Waals surface area contributed by atoms with Crippen LogP contribution in [0, 0.1) is 0 Å². The van der Waals surface area contributed by atoms with Crippen LogP contribution in [-0.2, 0) is 19.3 Å². The SMILES string of the molecule is O=C(NCCc1ccccc1Cl)c1cnc2sc3c(n2c1=O)CCCC3. The van der Waals surface area contributed by atoms with Crippen molar-refractivity contribution < 1.29 is 4.79 Å². The first kappa shape index (κ1) is 17.2. The zero-order valence-corrected chi connectivity index (χ0v) is 15.7. The molecule has 0 aliphatic heterocycles. The molecule has 5 nitrogen and oxygen atoms in total. The summed E-state index contributed by atoms with van der Waals surface area (Å²) in [6, 6.07) is 7.53. The molecular formula is C19H18ClN3O2S. The first-order valence-corrected chi connectivity index (χ1v) is 9.88. The third kappa shape index (κ3) is 3.15. The van der Waals surface area contributed by atoms with E-state index in [1.807, 2.05) is 24.3 Å². The van der Waals surface area contributed by atoms with Gasteiger partial charge in [0.25, 0.3) is 11.5 Å². The van der Waals surface area contributed by atoms with Crippen molar-refractivity contribution in [3.05, 3.63) is 67.5 Å². The molecule has 26 heavy (non-hydrogen) atoms. The lowest BCUT2D eigenvalue weighted by atomic mass is 10.0. The third-order valence-corrected chi connectivity index (χ3v) is 6.21. The average Bonchev–Trinajstić information content (AvgIpc) is 3.03. The van der Waals surface area contributed by atoms with E-state index < -0.39 is 0 Å². The van der Waals surface area contributed by atoms with Crippen LogP contribution in [0.1, 0.15) is 39.3 Å². The lowest BCUT2D eigenvalue weighted by Gasteiger charge is -2.10. The first-order chi connectivity index (χ1) is 12.6. The van der Waals surface area contributed by atoms with Crippen LogP contribution >= 0.6 is 22.9 Å². The minimum absolute atomic E-state index is 0.0906. The predicted molar refractivity (Wildman–Crippen MR) is 103 cm³/mol. The molecule has 1 amide bonds. The van der Waals surface area contributed by atoms with Crippen LogP contribution < -0.4 is 10.9 Å². The molecule has 1 aliphatic carbocycles. The smallest absolute Gasteiger partial charge is 0.271 e. The Kier molecular flexibility index (Phi) is 4.78. The number of amides is 1. The summed E-state index contributed by atoms with van der Waals surface area (Å²) < 4.78 is 1.63. The molecule has 1 aromatic carbocycles. The molecule has 0 spiro atoms. The summed E-state index contributed by atoms with van der Waals surface area (Å²) in [6.45, 7) is 0.409. The van der Waals surface area contributed by atoms with Gasteiger partial charge in [0.1, 0.15) is 5.56 Å². The van der Waals surface area contributed by atoms with Crippen LogP contribution in [0.15, 0.2) is 35.3 Å². The predicted octanol–water partition coefficient (Wildman–Crippen LogP) is 3.26. The molecule has 0 unspecified atom stereocenters. The molecule has 2 heterocycles. The van der Waals surface area contributed by atoms with E-state index in [4.69, 9.17) is 11.6 Å². The summed E-state index contributed by atoms with van der Waals surface area (Å²) in [5.41, 5.74) is 1.81. The van der Waals surface area contributed by atoms with Gasteiger partial charge in [0.15, 0.2) is 4.96 Å². The molecule has 1 N–H and O–H groups in total. The quantitative estimate of drug-likeness (QED) is 0.747. The molecule has 1 aliphatic rings. The van der Waals surface area contributed by atoms with Crippen molar-refractivity contribution in [2.75, 3.05) is 6.54 Å². The second-order valence-electron chi connectivity index (χ2n) is 6.37. The maximum Gasteiger partial charge on any atom is 0.271 e. The molecule has 0 atom stereocenters. The van der Waals surface area contributed by atoms with Gasteiger partial charge in [-0.25, -0.2) is 4.98 Å². The molecule has 3 aromatic rings. The number of halogens is 1. The van der Waals surface area contributed by atoms with Crippen molar-refractivity contribution in [2.45, 2.75) is 32.1 Å². The Bertz CT molecular complexity index is 1040. The van der Waals surface area contributed by atoms with Gasteiger partial charge in [-0.2, -0.15) is 0 Å². The summed E-state index contributed by atoms with van der Waals surface area (Å²) in [5, 5.41) is 3.48. The van der Waals surface area contributed by atoms with Gasteiger partial charge >= 0.3 is 0 Å². The molecule has 134 valence electrons. The van der Waals surface area contributed by atoms with Gasteiger partial charge < -0.3 is 5.32 Å². The standard InChI is InChI=1S/C19H18ClN3O2S/c20-14-6-2-1-5-12(14)9-10-21-17(24)13-11-22-19-23(18(13)25)15-7-3-4-8-16(15)26-19/h1-2,5-6,11H,3-4,7-10H2,(H,21,24). The van der Waals surface area contributed by atoms with Crippen LogP contribution in [0.4, 0.5) is 0 Å². The van der Waals surface area contributed by atoms with Crippen LogP contribution in [0.2, 0.25) is 5.02 Å². The highest BCUT2D eigenvalue weighted by molar-refractivity contribution is 7.17. The molecule has 4 rings (SSSR count). The molecule has 0 saturated heterocycles. The Balaban J connectivity index is 1.54. The molecule has 0 saturated carbocycles. The topological polar surface area (TPSA) is 63.5 Å². The third-order valence-electron chi connectivity index (χ3n) is 4.68. The largest absolute Gasteiger partial charge is 0.351 e. The second-order valence-corrected chi connectivity index (χ2v) is 7.84. The highest BCUT2D eigenvalue weighted by Crippen LogP contribution is 2.28. The molecule has 7 heteroatoms. The Hall–Kier alpha value is -2.18. The number of nitrogens with zero attached hydrogens (tertiary/aromatic N) is 2. The van der Waals surface area contributed by atoms with Gasteiger partial charge in [0.05, 0.1) is 0 Å².